The molecule has 1 unspecified atom stereocenters. The number of likely N-dealkylation sites (N-methyl/N-ethyl adjacent to an activating group) is 1. The minimum absolute atomic E-state index is 0. The third-order valence-corrected chi connectivity index (χ3v) is 3.78. The van der Waals surface area contributed by atoms with E-state index >= 15 is 0 Å². The van der Waals surface area contributed by atoms with Crippen LogP contribution in [0.4, 0.5) is 0 Å². The van der Waals surface area contributed by atoms with Gasteiger partial charge in [-0.25, -0.2) is 0 Å². The van der Waals surface area contributed by atoms with Crippen LogP contribution >= 0.6 is 24.0 Å². The molecule has 0 aliphatic heterocycles. The van der Waals surface area contributed by atoms with Gasteiger partial charge in [0.15, 0.2) is 11.6 Å². The molecule has 5 nitrogen and oxygen atoms in total. The van der Waals surface area contributed by atoms with Crippen LogP contribution in [0.3, 0.4) is 0 Å². The minimum atomic E-state index is 0. The Morgan fingerprint density at radius 2 is 2.14 bits per heavy atom. The van der Waals surface area contributed by atoms with Gasteiger partial charge in [-0.15, -0.1) is 12.4 Å². The molecule has 2 heterocycles. The van der Waals surface area contributed by atoms with Crippen LogP contribution in [0.15, 0.2) is 27.1 Å². The average Bonchev–Trinajstić information content (AvgIpc) is 3.04. The predicted octanol–water partition coefficient (Wildman–Crippen LogP) is 4.02. The van der Waals surface area contributed by atoms with Gasteiger partial charge in [0.2, 0.25) is 0 Å². The number of hydrogen-bond acceptors (Lipinski definition) is 5. The van der Waals surface area contributed by atoms with Crippen LogP contribution in [0, 0.1) is 6.92 Å². The molecule has 0 radical (unpaired) electrons. The van der Waals surface area contributed by atoms with Crippen molar-refractivity contribution < 1.29 is 8.94 Å². The highest BCUT2D eigenvalue weighted by Gasteiger charge is 2.19. The van der Waals surface area contributed by atoms with Gasteiger partial charge < -0.3 is 14.3 Å². The molecule has 1 atom stereocenters. The molecular weight excluding hydrogens is 325 g/mol. The predicted molar refractivity (Wildman–Crippen MR) is 88.7 cm³/mol. The second kappa shape index (κ2) is 6.69. The molecule has 118 valence electrons. The average molecular weight is 342 g/mol. The van der Waals surface area contributed by atoms with Crippen molar-refractivity contribution >= 4 is 35.0 Å². The highest BCUT2D eigenvalue weighted by atomic mass is 35.5. The van der Waals surface area contributed by atoms with E-state index in [1.807, 2.05) is 26.1 Å². The molecule has 3 aromatic rings. The SMILES string of the molecule is CNC(C)Cc1noc(-c2oc3ccc(Cl)cc3c2C)n1.Cl. The van der Waals surface area contributed by atoms with Gasteiger partial charge in [-0.3, -0.25) is 0 Å². The lowest BCUT2D eigenvalue weighted by Gasteiger charge is -2.04. The Hall–Kier alpha value is -1.56. The lowest BCUT2D eigenvalue weighted by atomic mass is 10.1. The molecule has 2 aromatic heterocycles. The molecule has 3 rings (SSSR count). The van der Waals surface area contributed by atoms with E-state index in [0.717, 1.165) is 16.5 Å². The van der Waals surface area contributed by atoms with Gasteiger partial charge in [0.1, 0.15) is 5.58 Å². The van der Waals surface area contributed by atoms with E-state index in [4.69, 9.17) is 20.5 Å². The molecule has 0 saturated heterocycles. The van der Waals surface area contributed by atoms with E-state index in [0.29, 0.717) is 28.9 Å². The maximum absolute atomic E-state index is 6.02. The van der Waals surface area contributed by atoms with Gasteiger partial charge in [0.05, 0.1) is 0 Å². The number of nitrogens with zero attached hydrogens (tertiary/aromatic N) is 2. The number of hydrogen-bond donors (Lipinski definition) is 1. The Morgan fingerprint density at radius 3 is 2.86 bits per heavy atom. The van der Waals surface area contributed by atoms with Gasteiger partial charge in [0.25, 0.3) is 5.89 Å². The fraction of sp³-hybridized carbons (Fsp3) is 0.333. The summed E-state index contributed by atoms with van der Waals surface area (Å²) >= 11 is 6.02. The van der Waals surface area contributed by atoms with Crippen molar-refractivity contribution in [3.63, 3.8) is 0 Å². The monoisotopic (exact) mass is 341 g/mol. The standard InChI is InChI=1S/C15H16ClN3O2.ClH/c1-8(17-3)6-13-18-15(21-19-13)14-9(2)11-7-10(16)4-5-12(11)20-14;/h4-5,7-8,17H,6H2,1-3H3;1H. The summed E-state index contributed by atoms with van der Waals surface area (Å²) in [7, 11) is 1.90. The van der Waals surface area contributed by atoms with Gasteiger partial charge in [-0.2, -0.15) is 4.98 Å². The Kier molecular flexibility index (Phi) is 5.11. The summed E-state index contributed by atoms with van der Waals surface area (Å²) in [5.74, 6) is 1.66. The molecular formula is C15H17Cl2N3O2. The van der Waals surface area contributed by atoms with Crippen LogP contribution in [0.25, 0.3) is 22.6 Å². The number of rotatable bonds is 4. The molecule has 0 spiro atoms. The lowest BCUT2D eigenvalue weighted by Crippen LogP contribution is -2.24. The summed E-state index contributed by atoms with van der Waals surface area (Å²) < 4.78 is 11.1. The molecule has 7 heteroatoms. The van der Waals surface area contributed by atoms with Gasteiger partial charge in [0, 0.05) is 28.4 Å². The van der Waals surface area contributed by atoms with E-state index in [2.05, 4.69) is 22.4 Å². The van der Waals surface area contributed by atoms with Crippen LogP contribution in [-0.4, -0.2) is 23.2 Å². The Morgan fingerprint density at radius 1 is 1.36 bits per heavy atom. The van der Waals surface area contributed by atoms with E-state index in [1.165, 1.54) is 0 Å². The van der Waals surface area contributed by atoms with E-state index in [1.54, 1.807) is 6.07 Å². The Bertz CT molecular complexity index is 782. The molecule has 0 fully saturated rings. The summed E-state index contributed by atoms with van der Waals surface area (Å²) in [6.07, 6.45) is 0.700. The van der Waals surface area contributed by atoms with Crippen molar-refractivity contribution in [2.75, 3.05) is 7.05 Å². The first kappa shape index (κ1) is 16.8. The van der Waals surface area contributed by atoms with Crippen LogP contribution in [0.5, 0.6) is 0 Å². The van der Waals surface area contributed by atoms with Gasteiger partial charge in [-0.05, 0) is 39.1 Å². The Balaban J connectivity index is 0.00000176. The van der Waals surface area contributed by atoms with E-state index in [-0.39, 0.29) is 18.4 Å². The first-order valence-corrected chi connectivity index (χ1v) is 7.15. The zero-order valence-electron chi connectivity index (χ0n) is 12.5. The number of nitrogens with one attached hydrogen (secondary N) is 1. The smallest absolute Gasteiger partial charge is 0.293 e. The van der Waals surface area contributed by atoms with E-state index in [9.17, 15) is 0 Å². The highest BCUT2D eigenvalue weighted by Crippen LogP contribution is 2.33. The molecule has 1 aromatic carbocycles. The second-order valence-electron chi connectivity index (χ2n) is 5.11. The minimum Gasteiger partial charge on any atom is -0.451 e. The maximum atomic E-state index is 6.02. The molecule has 0 aliphatic carbocycles. The van der Waals surface area contributed by atoms with Crippen LogP contribution in [0.2, 0.25) is 5.02 Å². The van der Waals surface area contributed by atoms with Crippen molar-refractivity contribution in [1.82, 2.24) is 15.5 Å². The zero-order chi connectivity index (χ0) is 15.0. The zero-order valence-corrected chi connectivity index (χ0v) is 14.1. The number of furan rings is 1. The second-order valence-corrected chi connectivity index (χ2v) is 5.54. The van der Waals surface area contributed by atoms with Crippen molar-refractivity contribution in [1.29, 1.82) is 0 Å². The normalized spacial score (nSPS) is 12.4. The van der Waals surface area contributed by atoms with Crippen molar-refractivity contribution in [2.45, 2.75) is 26.3 Å². The third kappa shape index (κ3) is 3.11. The number of fused-ring (bicyclic) bond motifs is 1. The summed E-state index contributed by atoms with van der Waals surface area (Å²) in [6.45, 7) is 4.02. The lowest BCUT2D eigenvalue weighted by molar-refractivity contribution is 0.408. The topological polar surface area (TPSA) is 64.1 Å². The van der Waals surface area contributed by atoms with Crippen LogP contribution in [-0.2, 0) is 6.42 Å². The van der Waals surface area contributed by atoms with Crippen molar-refractivity contribution in [2.24, 2.45) is 0 Å². The van der Waals surface area contributed by atoms with E-state index < -0.39 is 0 Å². The number of aromatic nitrogens is 2. The molecule has 1 N–H and O–H groups in total. The fourth-order valence-corrected chi connectivity index (χ4v) is 2.37. The number of benzene rings is 1. The first-order valence-electron chi connectivity index (χ1n) is 6.77. The fourth-order valence-electron chi connectivity index (χ4n) is 2.20. The largest absolute Gasteiger partial charge is 0.451 e. The molecule has 22 heavy (non-hydrogen) atoms. The summed E-state index contributed by atoms with van der Waals surface area (Å²) in [6, 6.07) is 5.80. The molecule has 0 bridgehead atoms. The van der Waals surface area contributed by atoms with Crippen molar-refractivity contribution in [3.8, 4) is 11.7 Å². The molecule has 0 saturated carbocycles. The molecule has 0 amide bonds. The first-order chi connectivity index (χ1) is 10.1. The van der Waals surface area contributed by atoms with Crippen LogP contribution < -0.4 is 5.32 Å². The maximum Gasteiger partial charge on any atom is 0.293 e. The third-order valence-electron chi connectivity index (χ3n) is 3.54. The van der Waals surface area contributed by atoms with Crippen molar-refractivity contribution in [3.05, 3.63) is 34.6 Å². The highest BCUT2D eigenvalue weighted by molar-refractivity contribution is 6.31. The summed E-state index contributed by atoms with van der Waals surface area (Å²) in [4.78, 5) is 4.40. The number of halogens is 2. The quantitative estimate of drug-likeness (QED) is 0.776. The van der Waals surface area contributed by atoms with Crippen LogP contribution in [0.1, 0.15) is 18.3 Å². The van der Waals surface area contributed by atoms with Gasteiger partial charge >= 0.3 is 0 Å². The Labute approximate surface area is 139 Å². The number of aryl methyl sites for hydroxylation is 1. The molecule has 0 aliphatic rings. The summed E-state index contributed by atoms with van der Waals surface area (Å²) in [5, 5.41) is 8.77. The summed E-state index contributed by atoms with van der Waals surface area (Å²) in [5.41, 5.74) is 1.71. The van der Waals surface area contributed by atoms with Gasteiger partial charge in [-0.1, -0.05) is 16.8 Å².